The molecular weight excluding hydrogens is 318 g/mol. The molecule has 0 aliphatic heterocycles. The zero-order valence-corrected chi connectivity index (χ0v) is 13.8. The summed E-state index contributed by atoms with van der Waals surface area (Å²) in [5.74, 6) is 0.594. The van der Waals surface area contributed by atoms with Crippen molar-refractivity contribution in [3.63, 3.8) is 0 Å². The Hall–Kier alpha value is -0.870. The molecule has 0 heterocycles. The van der Waals surface area contributed by atoms with Crippen LogP contribution in [-0.4, -0.2) is 34.6 Å². The van der Waals surface area contributed by atoms with Gasteiger partial charge in [-0.3, -0.25) is 4.79 Å². The highest BCUT2D eigenvalue weighted by Gasteiger charge is 2.46. The summed E-state index contributed by atoms with van der Waals surface area (Å²) in [4.78, 5) is 14.3. The van der Waals surface area contributed by atoms with E-state index in [0.717, 1.165) is 10.9 Å². The second-order valence-corrected chi connectivity index (χ2v) is 6.85. The molecule has 1 N–H and O–H groups in total. The van der Waals surface area contributed by atoms with Gasteiger partial charge in [0.05, 0.1) is 6.10 Å². The van der Waals surface area contributed by atoms with Crippen molar-refractivity contribution in [2.75, 3.05) is 6.54 Å². The Morgan fingerprint density at radius 2 is 1.95 bits per heavy atom. The van der Waals surface area contributed by atoms with Crippen LogP contribution >= 0.6 is 15.9 Å². The molecule has 1 fully saturated rings. The molecule has 3 unspecified atom stereocenters. The average molecular weight is 340 g/mol. The molecule has 1 aliphatic carbocycles. The molecular formula is C16H22BrNO2. The molecule has 1 amide bonds. The Morgan fingerprint density at radius 1 is 1.35 bits per heavy atom. The zero-order valence-electron chi connectivity index (χ0n) is 12.2. The molecule has 2 rings (SSSR count). The molecule has 4 heteroatoms. The maximum absolute atomic E-state index is 12.5. The zero-order chi connectivity index (χ0) is 14.9. The van der Waals surface area contributed by atoms with Crippen LogP contribution in [0, 0.1) is 5.92 Å². The first kappa shape index (κ1) is 15.5. The maximum Gasteiger partial charge on any atom is 0.226 e. The standard InChI is InChI=1S/C16H22BrNO2/c1-10(2)18(9-11(3)19)16(20)15-8-14(15)12-4-6-13(17)7-5-12/h4-7,10-11,14-15,19H,8-9H2,1-3H3. The van der Waals surface area contributed by atoms with Gasteiger partial charge in [-0.05, 0) is 50.8 Å². The van der Waals surface area contributed by atoms with E-state index < -0.39 is 6.10 Å². The Morgan fingerprint density at radius 3 is 2.45 bits per heavy atom. The number of carbonyl (C=O) groups excluding carboxylic acids is 1. The molecule has 0 radical (unpaired) electrons. The van der Waals surface area contributed by atoms with Gasteiger partial charge in [0.1, 0.15) is 0 Å². The lowest BCUT2D eigenvalue weighted by Gasteiger charge is -2.28. The number of hydrogen-bond acceptors (Lipinski definition) is 2. The van der Waals surface area contributed by atoms with E-state index in [-0.39, 0.29) is 17.9 Å². The van der Waals surface area contributed by atoms with Crippen molar-refractivity contribution in [3.8, 4) is 0 Å². The fourth-order valence-corrected chi connectivity index (χ4v) is 2.86. The van der Waals surface area contributed by atoms with Crippen LogP contribution in [0.1, 0.15) is 38.7 Å². The lowest BCUT2D eigenvalue weighted by molar-refractivity contribution is -0.135. The normalized spacial score (nSPS) is 22.7. The summed E-state index contributed by atoms with van der Waals surface area (Å²) in [6.07, 6.45) is 0.440. The van der Waals surface area contributed by atoms with E-state index in [9.17, 15) is 9.90 Å². The van der Waals surface area contributed by atoms with Gasteiger partial charge in [-0.2, -0.15) is 0 Å². The minimum atomic E-state index is -0.480. The molecule has 0 aromatic heterocycles. The number of halogens is 1. The van der Waals surface area contributed by atoms with E-state index in [1.807, 2.05) is 26.0 Å². The molecule has 0 spiro atoms. The number of carbonyl (C=O) groups is 1. The average Bonchev–Trinajstić information content (AvgIpc) is 3.16. The number of rotatable bonds is 5. The third-order valence-electron chi connectivity index (χ3n) is 3.77. The molecule has 1 aromatic carbocycles. The van der Waals surface area contributed by atoms with Gasteiger partial charge in [-0.1, -0.05) is 28.1 Å². The smallest absolute Gasteiger partial charge is 0.226 e. The highest BCUT2D eigenvalue weighted by molar-refractivity contribution is 9.10. The lowest BCUT2D eigenvalue weighted by atomic mass is 10.1. The Balaban J connectivity index is 2.02. The van der Waals surface area contributed by atoms with Gasteiger partial charge in [-0.25, -0.2) is 0 Å². The van der Waals surface area contributed by atoms with Crippen LogP contribution in [0.2, 0.25) is 0 Å². The van der Waals surface area contributed by atoms with Crippen molar-refractivity contribution in [3.05, 3.63) is 34.3 Å². The topological polar surface area (TPSA) is 40.5 Å². The number of nitrogens with zero attached hydrogens (tertiary/aromatic N) is 1. The summed E-state index contributed by atoms with van der Waals surface area (Å²) in [6, 6.07) is 8.33. The summed E-state index contributed by atoms with van der Waals surface area (Å²) in [7, 11) is 0. The Labute approximate surface area is 129 Å². The highest BCUT2D eigenvalue weighted by Crippen LogP contribution is 2.48. The van der Waals surface area contributed by atoms with Gasteiger partial charge < -0.3 is 10.0 Å². The van der Waals surface area contributed by atoms with Crippen LogP contribution in [0.5, 0.6) is 0 Å². The van der Waals surface area contributed by atoms with Gasteiger partial charge in [-0.15, -0.1) is 0 Å². The second kappa shape index (κ2) is 6.27. The predicted octanol–water partition coefficient (Wildman–Crippen LogP) is 3.17. The molecule has 3 atom stereocenters. The van der Waals surface area contributed by atoms with E-state index in [1.165, 1.54) is 5.56 Å². The fourth-order valence-electron chi connectivity index (χ4n) is 2.60. The summed E-state index contributed by atoms with van der Waals surface area (Å²) in [5, 5.41) is 9.54. The molecule has 1 saturated carbocycles. The number of hydrogen-bond donors (Lipinski definition) is 1. The monoisotopic (exact) mass is 339 g/mol. The number of aliphatic hydroxyl groups excluding tert-OH is 1. The largest absolute Gasteiger partial charge is 0.392 e. The van der Waals surface area contributed by atoms with E-state index in [0.29, 0.717) is 12.5 Å². The van der Waals surface area contributed by atoms with Gasteiger partial charge >= 0.3 is 0 Å². The maximum atomic E-state index is 12.5. The quantitative estimate of drug-likeness (QED) is 0.894. The molecule has 3 nitrogen and oxygen atoms in total. The van der Waals surface area contributed by atoms with Crippen LogP contribution in [0.4, 0.5) is 0 Å². The first-order valence-corrected chi connectivity index (χ1v) is 7.93. The van der Waals surface area contributed by atoms with Crippen molar-refractivity contribution in [2.45, 2.75) is 45.3 Å². The lowest BCUT2D eigenvalue weighted by Crippen LogP contribution is -2.42. The van der Waals surface area contributed by atoms with Gasteiger partial charge in [0.2, 0.25) is 5.91 Å². The van der Waals surface area contributed by atoms with Crippen molar-refractivity contribution >= 4 is 21.8 Å². The van der Waals surface area contributed by atoms with Gasteiger partial charge in [0, 0.05) is 23.0 Å². The minimum absolute atomic E-state index is 0.0809. The summed E-state index contributed by atoms with van der Waals surface area (Å²) in [6.45, 7) is 6.14. The molecule has 1 aromatic rings. The van der Waals surface area contributed by atoms with Crippen molar-refractivity contribution < 1.29 is 9.90 Å². The number of aliphatic hydroxyl groups is 1. The van der Waals surface area contributed by atoms with E-state index in [4.69, 9.17) is 0 Å². The van der Waals surface area contributed by atoms with Crippen molar-refractivity contribution in [1.82, 2.24) is 4.90 Å². The Bertz CT molecular complexity index is 470. The SMILES string of the molecule is CC(O)CN(C(=O)C1CC1c1ccc(Br)cc1)C(C)C. The Kier molecular flexibility index (Phi) is 4.86. The molecule has 20 heavy (non-hydrogen) atoms. The number of amides is 1. The number of benzene rings is 1. The van der Waals surface area contributed by atoms with Crippen LogP contribution in [-0.2, 0) is 4.79 Å². The molecule has 1 aliphatic rings. The first-order valence-electron chi connectivity index (χ1n) is 7.14. The molecule has 0 saturated heterocycles. The van der Waals surface area contributed by atoms with Crippen molar-refractivity contribution in [1.29, 1.82) is 0 Å². The second-order valence-electron chi connectivity index (χ2n) is 5.93. The van der Waals surface area contributed by atoms with Crippen LogP contribution in [0.3, 0.4) is 0 Å². The van der Waals surface area contributed by atoms with Gasteiger partial charge in [0.25, 0.3) is 0 Å². The van der Waals surface area contributed by atoms with Crippen LogP contribution < -0.4 is 0 Å². The van der Waals surface area contributed by atoms with Crippen LogP contribution in [0.25, 0.3) is 0 Å². The van der Waals surface area contributed by atoms with E-state index in [1.54, 1.807) is 11.8 Å². The van der Waals surface area contributed by atoms with E-state index in [2.05, 4.69) is 28.1 Å². The summed E-state index contributed by atoms with van der Waals surface area (Å²) < 4.78 is 1.06. The first-order chi connectivity index (χ1) is 9.40. The van der Waals surface area contributed by atoms with Crippen molar-refractivity contribution in [2.24, 2.45) is 5.92 Å². The fraction of sp³-hybridized carbons (Fsp3) is 0.562. The third kappa shape index (κ3) is 3.61. The summed E-state index contributed by atoms with van der Waals surface area (Å²) in [5.41, 5.74) is 1.23. The summed E-state index contributed by atoms with van der Waals surface area (Å²) >= 11 is 3.43. The third-order valence-corrected chi connectivity index (χ3v) is 4.30. The highest BCUT2D eigenvalue weighted by atomic mass is 79.9. The molecule has 110 valence electrons. The minimum Gasteiger partial charge on any atom is -0.392 e. The van der Waals surface area contributed by atoms with E-state index >= 15 is 0 Å². The predicted molar refractivity (Wildman–Crippen MR) is 83.5 cm³/mol. The van der Waals surface area contributed by atoms with Gasteiger partial charge in [0.15, 0.2) is 0 Å². The van der Waals surface area contributed by atoms with Crippen LogP contribution in [0.15, 0.2) is 28.7 Å². The molecule has 0 bridgehead atoms.